The van der Waals surface area contributed by atoms with Crippen molar-refractivity contribution in [3.05, 3.63) is 64.8 Å². The molecule has 0 radical (unpaired) electrons. The monoisotopic (exact) mass is 415 g/mol. The molecule has 0 atom stereocenters. The van der Waals surface area contributed by atoms with Gasteiger partial charge in [0.15, 0.2) is 6.61 Å². The topological polar surface area (TPSA) is 54.5 Å². The van der Waals surface area contributed by atoms with Crippen molar-refractivity contribution >= 4 is 22.5 Å². The summed E-state index contributed by atoms with van der Waals surface area (Å²) in [5.41, 5.74) is 6.87. The SMILES string of the molecule is Cc1ccc2c(C3CCN(CCc4c(C)ccc5c4OCC(=O)N5)CC3)cccc2n1. The lowest BCUT2D eigenvalue weighted by Crippen LogP contribution is -2.35. The normalized spacial score (nSPS) is 17.3. The fraction of sp³-hybridized carbons (Fsp3) is 0.385. The second-order valence-electron chi connectivity index (χ2n) is 8.81. The third-order valence-corrected chi connectivity index (χ3v) is 6.73. The molecule has 1 fully saturated rings. The largest absolute Gasteiger partial charge is 0.481 e. The van der Waals surface area contributed by atoms with Crippen LogP contribution in [0.5, 0.6) is 5.75 Å². The Hall–Kier alpha value is -2.92. The second kappa shape index (κ2) is 8.31. The number of piperidine rings is 1. The lowest BCUT2D eigenvalue weighted by atomic mass is 9.87. The van der Waals surface area contributed by atoms with E-state index in [1.807, 2.05) is 6.07 Å². The number of hydrogen-bond donors (Lipinski definition) is 1. The summed E-state index contributed by atoms with van der Waals surface area (Å²) in [6.07, 6.45) is 3.28. The molecular weight excluding hydrogens is 386 g/mol. The fourth-order valence-corrected chi connectivity index (χ4v) is 5.00. The number of likely N-dealkylation sites (tertiary alicyclic amines) is 1. The van der Waals surface area contributed by atoms with Crippen LogP contribution in [0.3, 0.4) is 0 Å². The average molecular weight is 416 g/mol. The predicted octanol–water partition coefficient (Wildman–Crippen LogP) is 4.60. The van der Waals surface area contributed by atoms with E-state index in [4.69, 9.17) is 9.72 Å². The van der Waals surface area contributed by atoms with Gasteiger partial charge in [0.2, 0.25) is 0 Å². The van der Waals surface area contributed by atoms with Gasteiger partial charge >= 0.3 is 0 Å². The first-order chi connectivity index (χ1) is 15.1. The van der Waals surface area contributed by atoms with Gasteiger partial charge in [0.05, 0.1) is 11.2 Å². The summed E-state index contributed by atoms with van der Waals surface area (Å²) < 4.78 is 5.78. The van der Waals surface area contributed by atoms with Crippen LogP contribution in [0.25, 0.3) is 10.9 Å². The minimum absolute atomic E-state index is 0.0804. The number of rotatable bonds is 4. The Bertz CT molecular complexity index is 1130. The van der Waals surface area contributed by atoms with Crippen molar-refractivity contribution in [1.29, 1.82) is 0 Å². The van der Waals surface area contributed by atoms with Crippen molar-refractivity contribution in [2.45, 2.75) is 39.0 Å². The number of amides is 1. The molecule has 5 heteroatoms. The molecule has 5 nitrogen and oxygen atoms in total. The van der Waals surface area contributed by atoms with E-state index in [0.717, 1.165) is 48.7 Å². The molecule has 0 unspecified atom stereocenters. The number of fused-ring (bicyclic) bond motifs is 2. The van der Waals surface area contributed by atoms with E-state index in [1.54, 1.807) is 0 Å². The standard InChI is InChI=1S/C26H29N3O2/c1-17-6-9-24-26(31-16-25(30)28-24)20(17)12-15-29-13-10-19(11-14-29)21-4-3-5-23-22(21)8-7-18(2)27-23/h3-9,19H,10-16H2,1-2H3,(H,28,30). The van der Waals surface area contributed by atoms with Gasteiger partial charge in [-0.25, -0.2) is 0 Å². The maximum atomic E-state index is 11.6. The Kier molecular flexibility index (Phi) is 5.36. The van der Waals surface area contributed by atoms with Crippen molar-refractivity contribution in [2.75, 3.05) is 31.6 Å². The number of benzene rings is 2. The van der Waals surface area contributed by atoms with E-state index >= 15 is 0 Å². The zero-order valence-corrected chi connectivity index (χ0v) is 18.3. The smallest absolute Gasteiger partial charge is 0.262 e. The maximum Gasteiger partial charge on any atom is 0.262 e. The minimum atomic E-state index is -0.0804. The number of nitrogens with one attached hydrogen (secondary N) is 1. The Morgan fingerprint density at radius 1 is 1.10 bits per heavy atom. The second-order valence-corrected chi connectivity index (χ2v) is 8.81. The Balaban J connectivity index is 1.25. The van der Waals surface area contributed by atoms with Crippen LogP contribution in [0.2, 0.25) is 0 Å². The first-order valence-corrected chi connectivity index (χ1v) is 11.2. The molecule has 1 aromatic heterocycles. The van der Waals surface area contributed by atoms with Crippen LogP contribution in [0.15, 0.2) is 42.5 Å². The van der Waals surface area contributed by atoms with E-state index in [2.05, 4.69) is 60.5 Å². The van der Waals surface area contributed by atoms with Crippen molar-refractivity contribution < 1.29 is 9.53 Å². The molecule has 0 aliphatic carbocycles. The lowest BCUT2D eigenvalue weighted by molar-refractivity contribution is -0.118. The molecule has 2 aliphatic rings. The van der Waals surface area contributed by atoms with Crippen LogP contribution in [0.1, 0.15) is 41.1 Å². The molecule has 5 rings (SSSR count). The summed E-state index contributed by atoms with van der Waals surface area (Å²) in [4.78, 5) is 18.9. The first kappa shape index (κ1) is 20.0. The number of carbonyl (C=O) groups is 1. The van der Waals surface area contributed by atoms with Gasteiger partial charge in [-0.3, -0.25) is 9.78 Å². The zero-order valence-electron chi connectivity index (χ0n) is 18.3. The molecule has 0 saturated carbocycles. The molecule has 0 spiro atoms. The van der Waals surface area contributed by atoms with Crippen LogP contribution >= 0.6 is 0 Å². The van der Waals surface area contributed by atoms with Gasteiger partial charge in [0, 0.05) is 23.2 Å². The number of aryl methyl sites for hydroxylation is 2. The van der Waals surface area contributed by atoms with Gasteiger partial charge in [-0.1, -0.05) is 24.3 Å². The van der Waals surface area contributed by atoms with Crippen molar-refractivity contribution in [1.82, 2.24) is 9.88 Å². The van der Waals surface area contributed by atoms with Crippen LogP contribution in [-0.4, -0.2) is 42.0 Å². The Morgan fingerprint density at radius 2 is 1.94 bits per heavy atom. The third kappa shape index (κ3) is 4.02. The van der Waals surface area contributed by atoms with Crippen molar-refractivity contribution in [3.8, 4) is 5.75 Å². The number of ether oxygens (including phenoxy) is 1. The average Bonchev–Trinajstić information content (AvgIpc) is 2.78. The van der Waals surface area contributed by atoms with E-state index in [9.17, 15) is 4.79 Å². The van der Waals surface area contributed by atoms with E-state index in [1.165, 1.54) is 34.9 Å². The zero-order chi connectivity index (χ0) is 21.4. The highest BCUT2D eigenvalue weighted by molar-refractivity contribution is 5.95. The molecule has 3 aromatic rings. The van der Waals surface area contributed by atoms with Gasteiger partial charge in [-0.05, 0) is 81.4 Å². The van der Waals surface area contributed by atoms with Crippen LogP contribution in [0, 0.1) is 13.8 Å². The highest BCUT2D eigenvalue weighted by atomic mass is 16.5. The first-order valence-electron chi connectivity index (χ1n) is 11.2. The van der Waals surface area contributed by atoms with E-state index < -0.39 is 0 Å². The van der Waals surface area contributed by atoms with Gasteiger partial charge in [-0.15, -0.1) is 0 Å². The number of hydrogen-bond acceptors (Lipinski definition) is 4. The van der Waals surface area contributed by atoms with Crippen LogP contribution in [-0.2, 0) is 11.2 Å². The lowest BCUT2D eigenvalue weighted by Gasteiger charge is -2.33. The highest BCUT2D eigenvalue weighted by Crippen LogP contribution is 2.36. The highest BCUT2D eigenvalue weighted by Gasteiger charge is 2.24. The number of carbonyl (C=O) groups excluding carboxylic acids is 1. The molecule has 160 valence electrons. The number of anilines is 1. The number of aromatic nitrogens is 1. The van der Waals surface area contributed by atoms with Gasteiger partial charge in [-0.2, -0.15) is 0 Å². The summed E-state index contributed by atoms with van der Waals surface area (Å²) in [6.45, 7) is 7.50. The van der Waals surface area contributed by atoms with E-state index in [-0.39, 0.29) is 12.5 Å². The summed E-state index contributed by atoms with van der Waals surface area (Å²) in [5, 5.41) is 4.23. The van der Waals surface area contributed by atoms with Gasteiger partial charge in [0.1, 0.15) is 5.75 Å². The Labute approximate surface area is 183 Å². The molecule has 1 amide bonds. The van der Waals surface area contributed by atoms with Crippen molar-refractivity contribution in [2.24, 2.45) is 0 Å². The third-order valence-electron chi connectivity index (χ3n) is 6.73. The minimum Gasteiger partial charge on any atom is -0.481 e. The maximum absolute atomic E-state index is 11.6. The number of nitrogens with zero attached hydrogens (tertiary/aromatic N) is 2. The molecule has 2 aliphatic heterocycles. The quantitative estimate of drug-likeness (QED) is 0.676. The van der Waals surface area contributed by atoms with Crippen LogP contribution in [0.4, 0.5) is 5.69 Å². The predicted molar refractivity (Wildman–Crippen MR) is 124 cm³/mol. The van der Waals surface area contributed by atoms with Crippen molar-refractivity contribution in [3.63, 3.8) is 0 Å². The fourth-order valence-electron chi connectivity index (χ4n) is 5.00. The molecule has 2 aromatic carbocycles. The summed E-state index contributed by atoms with van der Waals surface area (Å²) in [6, 6.07) is 14.9. The summed E-state index contributed by atoms with van der Waals surface area (Å²) in [7, 11) is 0. The number of pyridine rings is 1. The molecule has 31 heavy (non-hydrogen) atoms. The van der Waals surface area contributed by atoms with Gasteiger partial charge < -0.3 is 15.0 Å². The summed E-state index contributed by atoms with van der Waals surface area (Å²) in [5.74, 6) is 1.37. The van der Waals surface area contributed by atoms with E-state index in [0.29, 0.717) is 5.92 Å². The molecular formula is C26H29N3O2. The molecule has 1 saturated heterocycles. The molecule has 3 heterocycles. The van der Waals surface area contributed by atoms with Crippen LogP contribution < -0.4 is 10.1 Å². The summed E-state index contributed by atoms with van der Waals surface area (Å²) >= 11 is 0. The molecule has 0 bridgehead atoms. The molecule has 1 N–H and O–H groups in total. The van der Waals surface area contributed by atoms with Gasteiger partial charge in [0.25, 0.3) is 5.91 Å². The Morgan fingerprint density at radius 3 is 2.77 bits per heavy atom.